The van der Waals surface area contributed by atoms with Crippen LogP contribution in [0.2, 0.25) is 0 Å². The molecule has 0 spiro atoms. The standard InChI is InChI=1S/C20H13FN2O5S/c1-28-15-7-10(6-13(21)17(15)24)8-16-18(25)23-9-14(22-20(23)29-16)11-2-4-12(5-3-11)19(26)27/h2-9,24H,1H3,(H,26,27)/b16-8-. The van der Waals surface area contributed by atoms with Crippen molar-refractivity contribution in [2.45, 2.75) is 0 Å². The molecule has 0 saturated carbocycles. The van der Waals surface area contributed by atoms with Crippen molar-refractivity contribution < 1.29 is 24.1 Å². The van der Waals surface area contributed by atoms with Gasteiger partial charge in [-0.2, -0.15) is 0 Å². The monoisotopic (exact) mass is 412 g/mol. The van der Waals surface area contributed by atoms with Gasteiger partial charge in [-0.15, -0.1) is 0 Å². The number of ether oxygens (including phenoxy) is 1. The molecule has 0 aliphatic rings. The number of nitrogens with zero attached hydrogens (tertiary/aromatic N) is 2. The summed E-state index contributed by atoms with van der Waals surface area (Å²) in [6.07, 6.45) is 3.06. The smallest absolute Gasteiger partial charge is 0.335 e. The van der Waals surface area contributed by atoms with Gasteiger partial charge in [0.2, 0.25) is 0 Å². The summed E-state index contributed by atoms with van der Waals surface area (Å²) in [5.41, 5.74) is 1.42. The molecule has 0 aliphatic heterocycles. The Kier molecular flexibility index (Phi) is 4.51. The number of hydrogen-bond donors (Lipinski definition) is 2. The molecule has 0 bridgehead atoms. The lowest BCUT2D eigenvalue weighted by molar-refractivity contribution is 0.0697. The van der Waals surface area contributed by atoms with Crippen molar-refractivity contribution >= 4 is 28.3 Å². The van der Waals surface area contributed by atoms with Gasteiger partial charge in [0, 0.05) is 11.8 Å². The first kappa shape index (κ1) is 18.6. The maximum absolute atomic E-state index is 13.8. The predicted octanol–water partition coefficient (Wildman–Crippen LogP) is 2.52. The number of rotatable bonds is 4. The fourth-order valence-electron chi connectivity index (χ4n) is 2.84. The number of imidazole rings is 1. The normalized spacial score (nSPS) is 11.9. The number of aromatic nitrogens is 2. The van der Waals surface area contributed by atoms with Crippen LogP contribution in [0, 0.1) is 5.82 Å². The van der Waals surface area contributed by atoms with Crippen LogP contribution in [-0.2, 0) is 0 Å². The van der Waals surface area contributed by atoms with Crippen molar-refractivity contribution in [1.29, 1.82) is 0 Å². The van der Waals surface area contributed by atoms with E-state index in [1.165, 1.54) is 35.8 Å². The zero-order valence-corrected chi connectivity index (χ0v) is 15.7. The maximum Gasteiger partial charge on any atom is 0.335 e. The summed E-state index contributed by atoms with van der Waals surface area (Å²) in [6.45, 7) is 0. The van der Waals surface area contributed by atoms with Gasteiger partial charge >= 0.3 is 5.97 Å². The Hall–Kier alpha value is -3.72. The molecule has 4 aromatic rings. The fraction of sp³-hybridized carbons (Fsp3) is 0.0500. The number of phenols is 1. The first-order valence-electron chi connectivity index (χ1n) is 8.31. The lowest BCUT2D eigenvalue weighted by atomic mass is 10.1. The van der Waals surface area contributed by atoms with Gasteiger partial charge in [-0.25, -0.2) is 14.2 Å². The summed E-state index contributed by atoms with van der Waals surface area (Å²) >= 11 is 1.13. The van der Waals surface area contributed by atoms with Crippen LogP contribution >= 0.6 is 11.3 Å². The van der Waals surface area contributed by atoms with Gasteiger partial charge in [0.25, 0.3) is 5.56 Å². The number of aromatic hydroxyl groups is 1. The van der Waals surface area contributed by atoms with Crippen molar-refractivity contribution in [3.63, 3.8) is 0 Å². The van der Waals surface area contributed by atoms with E-state index in [9.17, 15) is 19.1 Å². The van der Waals surface area contributed by atoms with E-state index in [-0.39, 0.29) is 16.9 Å². The molecule has 2 aromatic carbocycles. The molecule has 2 heterocycles. The average Bonchev–Trinajstić information content (AvgIpc) is 3.24. The number of methoxy groups -OCH3 is 1. The van der Waals surface area contributed by atoms with E-state index >= 15 is 0 Å². The highest BCUT2D eigenvalue weighted by Crippen LogP contribution is 2.30. The minimum Gasteiger partial charge on any atom is -0.502 e. The number of hydrogen-bond acceptors (Lipinski definition) is 6. The lowest BCUT2D eigenvalue weighted by Crippen LogP contribution is -2.22. The third-order valence-electron chi connectivity index (χ3n) is 4.30. The molecule has 2 aromatic heterocycles. The van der Waals surface area contributed by atoms with Crippen molar-refractivity contribution in [2.75, 3.05) is 7.11 Å². The van der Waals surface area contributed by atoms with Crippen LogP contribution in [0.5, 0.6) is 11.5 Å². The first-order chi connectivity index (χ1) is 13.9. The molecule has 9 heteroatoms. The van der Waals surface area contributed by atoms with Gasteiger partial charge in [-0.1, -0.05) is 23.5 Å². The van der Waals surface area contributed by atoms with E-state index in [1.54, 1.807) is 18.3 Å². The zero-order chi connectivity index (χ0) is 20.7. The second-order valence-electron chi connectivity index (χ2n) is 6.13. The highest BCUT2D eigenvalue weighted by atomic mass is 32.1. The highest BCUT2D eigenvalue weighted by molar-refractivity contribution is 7.15. The summed E-state index contributed by atoms with van der Waals surface area (Å²) in [7, 11) is 1.31. The van der Waals surface area contributed by atoms with Crippen LogP contribution in [0.1, 0.15) is 15.9 Å². The number of phenolic OH excluding ortho intramolecular Hbond substituents is 1. The molecule has 0 aliphatic carbocycles. The quantitative estimate of drug-likeness (QED) is 0.534. The maximum atomic E-state index is 13.8. The molecule has 4 rings (SSSR count). The number of aromatic carboxylic acids is 1. The van der Waals surface area contributed by atoms with Crippen molar-refractivity contribution in [3.05, 3.63) is 74.4 Å². The van der Waals surface area contributed by atoms with Crippen LogP contribution < -0.4 is 14.8 Å². The van der Waals surface area contributed by atoms with E-state index in [1.807, 2.05) is 0 Å². The van der Waals surface area contributed by atoms with Crippen molar-refractivity contribution in [1.82, 2.24) is 9.38 Å². The molecule has 146 valence electrons. The average molecular weight is 412 g/mol. The second kappa shape index (κ2) is 7.02. The molecule has 0 unspecified atom stereocenters. The summed E-state index contributed by atoms with van der Waals surface area (Å²) < 4.78 is 20.5. The topological polar surface area (TPSA) is 101 Å². The molecular formula is C20H13FN2O5S. The second-order valence-corrected chi connectivity index (χ2v) is 7.14. The SMILES string of the molecule is COc1cc(/C=c2\sc3nc(-c4ccc(C(=O)O)cc4)cn3c2=O)cc(F)c1O. The van der Waals surface area contributed by atoms with Crippen LogP contribution in [-0.4, -0.2) is 32.7 Å². The first-order valence-corrected chi connectivity index (χ1v) is 9.13. The fourth-order valence-corrected chi connectivity index (χ4v) is 3.79. The number of carbonyl (C=O) groups is 1. The van der Waals surface area contributed by atoms with Crippen LogP contribution in [0.25, 0.3) is 22.3 Å². The molecule has 0 radical (unpaired) electrons. The van der Waals surface area contributed by atoms with E-state index in [4.69, 9.17) is 9.84 Å². The Bertz CT molecular complexity index is 1360. The lowest BCUT2D eigenvalue weighted by Gasteiger charge is -2.04. The summed E-state index contributed by atoms with van der Waals surface area (Å²) in [5, 5.41) is 18.6. The number of halogens is 1. The van der Waals surface area contributed by atoms with Gasteiger partial charge in [0.05, 0.1) is 22.9 Å². The van der Waals surface area contributed by atoms with E-state index in [0.717, 1.165) is 17.4 Å². The van der Waals surface area contributed by atoms with Gasteiger partial charge in [-0.05, 0) is 35.9 Å². The third-order valence-corrected chi connectivity index (χ3v) is 5.28. The highest BCUT2D eigenvalue weighted by Gasteiger charge is 2.13. The molecule has 29 heavy (non-hydrogen) atoms. The largest absolute Gasteiger partial charge is 0.502 e. The Morgan fingerprint density at radius 2 is 2.00 bits per heavy atom. The number of carboxylic acid groups (broad SMARTS) is 1. The summed E-state index contributed by atoms with van der Waals surface area (Å²) in [5.74, 6) is -2.49. The zero-order valence-electron chi connectivity index (χ0n) is 14.9. The number of benzene rings is 2. The van der Waals surface area contributed by atoms with Crippen LogP contribution in [0.4, 0.5) is 4.39 Å². The summed E-state index contributed by atoms with van der Waals surface area (Å²) in [6, 6.07) is 8.72. The number of carboxylic acids is 1. The molecule has 7 nitrogen and oxygen atoms in total. The number of thiazole rings is 1. The van der Waals surface area contributed by atoms with Crippen LogP contribution in [0.3, 0.4) is 0 Å². The summed E-state index contributed by atoms with van der Waals surface area (Å²) in [4.78, 5) is 28.5. The molecule has 0 fully saturated rings. The molecule has 2 N–H and O–H groups in total. The predicted molar refractivity (Wildman–Crippen MR) is 105 cm³/mol. The van der Waals surface area contributed by atoms with Crippen molar-refractivity contribution in [2.24, 2.45) is 0 Å². The third kappa shape index (κ3) is 3.32. The number of fused-ring (bicyclic) bond motifs is 1. The Labute approximate surface area is 166 Å². The Morgan fingerprint density at radius 3 is 2.62 bits per heavy atom. The van der Waals surface area contributed by atoms with E-state index in [2.05, 4.69) is 4.98 Å². The molecule has 0 atom stereocenters. The van der Waals surface area contributed by atoms with E-state index in [0.29, 0.717) is 26.3 Å². The van der Waals surface area contributed by atoms with E-state index < -0.39 is 17.5 Å². The van der Waals surface area contributed by atoms with Crippen LogP contribution in [0.15, 0.2) is 47.4 Å². The Morgan fingerprint density at radius 1 is 1.28 bits per heavy atom. The van der Waals surface area contributed by atoms with Gasteiger partial charge in [0.15, 0.2) is 22.3 Å². The minimum atomic E-state index is -1.02. The minimum absolute atomic E-state index is 0.0304. The Balaban J connectivity index is 1.76. The van der Waals surface area contributed by atoms with Crippen molar-refractivity contribution in [3.8, 4) is 22.8 Å². The van der Waals surface area contributed by atoms with Gasteiger partial charge in [0.1, 0.15) is 0 Å². The van der Waals surface area contributed by atoms with Gasteiger partial charge in [-0.3, -0.25) is 9.20 Å². The molecule has 0 saturated heterocycles. The van der Waals surface area contributed by atoms with Gasteiger partial charge < -0.3 is 14.9 Å². The molecular weight excluding hydrogens is 399 g/mol. The molecule has 0 amide bonds.